The lowest BCUT2D eigenvalue weighted by atomic mass is 9.95. The fourth-order valence-corrected chi connectivity index (χ4v) is 4.73. The van der Waals surface area contributed by atoms with E-state index in [-0.39, 0.29) is 30.3 Å². The summed E-state index contributed by atoms with van der Waals surface area (Å²) in [5.41, 5.74) is 3.23. The summed E-state index contributed by atoms with van der Waals surface area (Å²) in [6.07, 6.45) is -2.61. The molecule has 1 saturated heterocycles. The van der Waals surface area contributed by atoms with E-state index in [4.69, 9.17) is 23.7 Å². The van der Waals surface area contributed by atoms with Gasteiger partial charge in [0, 0.05) is 27.0 Å². The third kappa shape index (κ3) is 5.52. The van der Waals surface area contributed by atoms with E-state index in [1.165, 1.54) is 43.4 Å². The third-order valence-electron chi connectivity index (χ3n) is 6.09. The fourth-order valence-electron chi connectivity index (χ4n) is 4.73. The highest BCUT2D eigenvalue weighted by Crippen LogP contribution is 2.43. The highest BCUT2D eigenvalue weighted by Gasteiger charge is 2.60. The van der Waals surface area contributed by atoms with Gasteiger partial charge in [-0.3, -0.25) is 25.2 Å². The van der Waals surface area contributed by atoms with E-state index in [9.17, 15) is 24.0 Å². The molecular weight excluding hydrogens is 532 g/mol. The number of hydrazine groups is 1. The monoisotopic (exact) mass is 564 g/mol. The van der Waals surface area contributed by atoms with Crippen molar-refractivity contribution in [2.24, 2.45) is 4.99 Å². The molecule has 3 amide bonds. The SMILES string of the molecule is CC(=O)OC[C@H]1O[C@@H](n2cc3c4c2=NCN(C(=O)OC(C)(C)C)C=4NNC(=O)N3)[C@](C)(OC(C)=O)[C@@H]1OC(C)=O. The Morgan fingerprint density at radius 3 is 2.42 bits per heavy atom. The number of ether oxygens (including phenoxy) is 5. The first-order valence-corrected chi connectivity index (χ1v) is 12.4. The van der Waals surface area contributed by atoms with Gasteiger partial charge in [0.1, 0.15) is 36.3 Å². The average molecular weight is 565 g/mol. The smallest absolute Gasteiger partial charge is 0.417 e. The van der Waals surface area contributed by atoms with Crippen molar-refractivity contribution in [1.82, 2.24) is 20.3 Å². The van der Waals surface area contributed by atoms with Crippen LogP contribution in [-0.2, 0) is 38.1 Å². The van der Waals surface area contributed by atoms with Gasteiger partial charge in [-0.15, -0.1) is 0 Å². The van der Waals surface area contributed by atoms with E-state index in [1.54, 1.807) is 20.8 Å². The first kappa shape index (κ1) is 28.7. The lowest BCUT2D eigenvalue weighted by molar-refractivity contribution is -0.185. The van der Waals surface area contributed by atoms with Crippen molar-refractivity contribution >= 4 is 41.5 Å². The molecule has 3 N–H and O–H groups in total. The van der Waals surface area contributed by atoms with E-state index < -0.39 is 59.7 Å². The van der Waals surface area contributed by atoms with Crippen LogP contribution in [0, 0.1) is 0 Å². The number of hydrogen-bond donors (Lipinski definition) is 3. The van der Waals surface area contributed by atoms with Gasteiger partial charge in [0.25, 0.3) is 0 Å². The van der Waals surface area contributed by atoms with Crippen LogP contribution < -0.4 is 26.9 Å². The number of aromatic nitrogens is 1. The molecule has 0 radical (unpaired) electrons. The molecule has 0 saturated carbocycles. The molecule has 218 valence electrons. The Labute approximate surface area is 228 Å². The lowest BCUT2D eigenvalue weighted by Gasteiger charge is -2.34. The molecule has 1 aromatic heterocycles. The summed E-state index contributed by atoms with van der Waals surface area (Å²) < 4.78 is 29.6. The van der Waals surface area contributed by atoms with Crippen molar-refractivity contribution in [1.29, 1.82) is 0 Å². The number of rotatable bonds is 5. The first-order chi connectivity index (χ1) is 18.6. The van der Waals surface area contributed by atoms with Gasteiger partial charge in [0.15, 0.2) is 17.9 Å². The first-order valence-electron chi connectivity index (χ1n) is 12.4. The predicted octanol–water partition coefficient (Wildman–Crippen LogP) is -0.265. The molecule has 1 aromatic rings. The van der Waals surface area contributed by atoms with Crippen LogP contribution >= 0.6 is 0 Å². The molecule has 4 rings (SSSR count). The Morgan fingerprint density at radius 1 is 1.12 bits per heavy atom. The van der Waals surface area contributed by atoms with E-state index in [2.05, 4.69) is 21.2 Å². The summed E-state index contributed by atoms with van der Waals surface area (Å²) in [6, 6.07) is -0.633. The highest BCUT2D eigenvalue weighted by molar-refractivity contribution is 5.92. The summed E-state index contributed by atoms with van der Waals surface area (Å²) in [6.45, 7) is 9.73. The molecule has 4 heterocycles. The Hall–Kier alpha value is -4.34. The molecule has 0 unspecified atom stereocenters. The van der Waals surface area contributed by atoms with E-state index in [0.717, 1.165) is 0 Å². The van der Waals surface area contributed by atoms with Crippen LogP contribution in [0.15, 0.2) is 11.2 Å². The summed E-state index contributed by atoms with van der Waals surface area (Å²) in [4.78, 5) is 67.0. The highest BCUT2D eigenvalue weighted by atomic mass is 16.7. The predicted molar refractivity (Wildman–Crippen MR) is 133 cm³/mol. The molecule has 0 aromatic carbocycles. The van der Waals surface area contributed by atoms with Crippen LogP contribution in [0.25, 0.3) is 5.82 Å². The Bertz CT molecular complexity index is 1380. The number of urea groups is 1. The van der Waals surface area contributed by atoms with Crippen molar-refractivity contribution in [3.05, 3.63) is 16.9 Å². The zero-order valence-electron chi connectivity index (χ0n) is 23.1. The summed E-state index contributed by atoms with van der Waals surface area (Å²) >= 11 is 0. The molecule has 0 aliphatic carbocycles. The minimum Gasteiger partial charge on any atom is -0.463 e. The van der Waals surface area contributed by atoms with Crippen LogP contribution in [0.1, 0.15) is 54.7 Å². The fraction of sp³-hybridized carbons (Fsp3) is 0.583. The van der Waals surface area contributed by atoms with Crippen LogP contribution in [0.2, 0.25) is 0 Å². The number of nitrogens with zero attached hydrogens (tertiary/aromatic N) is 3. The molecule has 0 bridgehead atoms. The van der Waals surface area contributed by atoms with Crippen LogP contribution in [0.3, 0.4) is 0 Å². The number of nitrogens with one attached hydrogen (secondary N) is 3. The van der Waals surface area contributed by atoms with Gasteiger partial charge >= 0.3 is 30.0 Å². The van der Waals surface area contributed by atoms with Gasteiger partial charge in [0.05, 0.1) is 10.9 Å². The van der Waals surface area contributed by atoms with E-state index in [0.29, 0.717) is 5.22 Å². The van der Waals surface area contributed by atoms with Crippen LogP contribution in [-0.4, -0.2) is 76.2 Å². The number of anilines is 1. The van der Waals surface area contributed by atoms with Gasteiger partial charge in [-0.05, 0) is 27.7 Å². The molecule has 16 heteroatoms. The summed E-state index contributed by atoms with van der Waals surface area (Å²) in [5.74, 6) is -1.79. The molecule has 40 heavy (non-hydrogen) atoms. The molecule has 4 atom stereocenters. The Balaban J connectivity index is 1.88. The second kappa shape index (κ2) is 10.3. The third-order valence-corrected chi connectivity index (χ3v) is 6.09. The van der Waals surface area contributed by atoms with Crippen molar-refractivity contribution in [3.63, 3.8) is 0 Å². The maximum absolute atomic E-state index is 13.0. The van der Waals surface area contributed by atoms with Crippen LogP contribution in [0.5, 0.6) is 0 Å². The minimum absolute atomic E-state index is 0.173. The Morgan fingerprint density at radius 2 is 1.82 bits per heavy atom. The van der Waals surface area contributed by atoms with Crippen molar-refractivity contribution in [3.8, 4) is 0 Å². The van der Waals surface area contributed by atoms with Gasteiger partial charge in [-0.25, -0.2) is 19.5 Å². The van der Waals surface area contributed by atoms with Crippen molar-refractivity contribution in [2.75, 3.05) is 18.6 Å². The lowest BCUT2D eigenvalue weighted by Crippen LogP contribution is -2.54. The average Bonchev–Trinajstić information content (AvgIpc) is 3.22. The maximum atomic E-state index is 13.0. The normalized spacial score (nSPS) is 25.3. The molecule has 16 nitrogen and oxygen atoms in total. The maximum Gasteiger partial charge on any atom is 0.417 e. The van der Waals surface area contributed by atoms with E-state index in [1.807, 2.05) is 0 Å². The number of carbonyl (C=O) groups excluding carboxylic acids is 5. The zero-order valence-corrected chi connectivity index (χ0v) is 23.1. The molecule has 1 fully saturated rings. The molecule has 3 aliphatic heterocycles. The number of amides is 3. The van der Waals surface area contributed by atoms with Gasteiger partial charge < -0.3 is 33.6 Å². The van der Waals surface area contributed by atoms with Crippen LogP contribution in [0.4, 0.5) is 15.3 Å². The molecular formula is C24H32N6O10. The van der Waals surface area contributed by atoms with Gasteiger partial charge in [-0.2, -0.15) is 0 Å². The zero-order chi connectivity index (χ0) is 29.6. The number of hydrogen-bond acceptors (Lipinski definition) is 12. The van der Waals surface area contributed by atoms with Gasteiger partial charge in [0.2, 0.25) is 0 Å². The topological polar surface area (TPSA) is 188 Å². The van der Waals surface area contributed by atoms with Gasteiger partial charge in [-0.1, -0.05) is 0 Å². The second-order valence-corrected chi connectivity index (χ2v) is 10.5. The second-order valence-electron chi connectivity index (χ2n) is 10.5. The minimum atomic E-state index is -1.63. The largest absolute Gasteiger partial charge is 0.463 e. The van der Waals surface area contributed by atoms with Crippen molar-refractivity contribution in [2.45, 2.75) is 78.1 Å². The number of carbonyl (C=O) groups is 5. The summed E-state index contributed by atoms with van der Waals surface area (Å²) in [5, 5.41) is 2.98. The molecule has 3 aliphatic rings. The van der Waals surface area contributed by atoms with Crippen molar-refractivity contribution < 1.29 is 47.7 Å². The standard InChI is InChI=1S/C24H32N6O10/c1-11(31)36-9-15-17(37-12(2)32)24(7,39-13(3)33)20(38-15)29-8-14-16-18(29)25-10-30(22(35)40-23(4,5)6)19(16)27-28-21(34)26-14/h8,15,17,20,27H,9-10H2,1-7H3,(H2,26,28,34)/t15-,17-,20-,24-/m1/s1. The molecule has 0 spiro atoms. The Kier molecular flexibility index (Phi) is 7.40. The number of esters is 3. The quantitative estimate of drug-likeness (QED) is 0.316. The van der Waals surface area contributed by atoms with E-state index >= 15 is 0 Å². The summed E-state index contributed by atoms with van der Waals surface area (Å²) in [7, 11) is 0.